The summed E-state index contributed by atoms with van der Waals surface area (Å²) < 4.78 is 8.16. The number of hydrogen-bond donors (Lipinski definition) is 4. The molecule has 128 valence electrons. The second-order valence-corrected chi connectivity index (χ2v) is 6.47. The predicted molar refractivity (Wildman–Crippen MR) is 91.7 cm³/mol. The third-order valence-electron chi connectivity index (χ3n) is 2.38. The van der Waals surface area contributed by atoms with Gasteiger partial charge in [0.25, 0.3) is 5.91 Å². The highest BCUT2D eigenvalue weighted by Gasteiger charge is 2.15. The first-order chi connectivity index (χ1) is 10.9. The van der Waals surface area contributed by atoms with E-state index in [1.54, 1.807) is 12.1 Å². The van der Waals surface area contributed by atoms with E-state index in [1.165, 1.54) is 11.9 Å². The van der Waals surface area contributed by atoms with Crippen LogP contribution < -0.4 is 20.9 Å². The molecule has 0 unspecified atom stereocenters. The normalized spacial score (nSPS) is 10.9. The number of hydrazine groups is 1. The summed E-state index contributed by atoms with van der Waals surface area (Å²) in [6.45, 7) is 6.48. The Balaban J connectivity index is 1.98. The Labute approximate surface area is 141 Å². The molecule has 8 heteroatoms. The van der Waals surface area contributed by atoms with Gasteiger partial charge in [-0.25, -0.2) is 10.2 Å². The van der Waals surface area contributed by atoms with Crippen LogP contribution in [0.2, 0.25) is 0 Å². The fourth-order valence-electron chi connectivity index (χ4n) is 1.47. The van der Waals surface area contributed by atoms with Crippen LogP contribution in [0, 0.1) is 0 Å². The van der Waals surface area contributed by atoms with E-state index in [4.69, 9.17) is 4.74 Å². The zero-order chi connectivity index (χ0) is 17.1. The van der Waals surface area contributed by atoms with Gasteiger partial charge < -0.3 is 10.1 Å². The van der Waals surface area contributed by atoms with Gasteiger partial charge in [0.15, 0.2) is 0 Å². The third-order valence-corrected chi connectivity index (χ3v) is 3.08. The molecule has 23 heavy (non-hydrogen) atoms. The van der Waals surface area contributed by atoms with Crippen LogP contribution >= 0.6 is 11.9 Å². The van der Waals surface area contributed by atoms with Crippen LogP contribution in [0.5, 0.6) is 0 Å². The van der Waals surface area contributed by atoms with Crippen molar-refractivity contribution in [1.29, 1.82) is 0 Å². The number of carbonyl (C=O) groups excluding carboxylic acids is 2. The first-order valence-electron chi connectivity index (χ1n) is 7.28. The maximum absolute atomic E-state index is 11.7. The van der Waals surface area contributed by atoms with Gasteiger partial charge in [-0.1, -0.05) is 30.1 Å². The largest absolute Gasteiger partial charge is 0.444 e. The molecule has 0 spiro atoms. The second kappa shape index (κ2) is 10.1. The van der Waals surface area contributed by atoms with Crippen LogP contribution in [-0.2, 0) is 4.74 Å². The molecule has 0 aromatic heterocycles. The molecule has 0 saturated carbocycles. The summed E-state index contributed by atoms with van der Waals surface area (Å²) in [6.07, 6.45) is -0.433. The van der Waals surface area contributed by atoms with E-state index in [0.717, 1.165) is 0 Å². The quantitative estimate of drug-likeness (QED) is 0.249. The summed E-state index contributed by atoms with van der Waals surface area (Å²) in [5.74, 6) is 0.308. The van der Waals surface area contributed by atoms with Crippen LogP contribution in [0.4, 0.5) is 4.79 Å². The first-order valence-corrected chi connectivity index (χ1v) is 8.27. The van der Waals surface area contributed by atoms with E-state index >= 15 is 0 Å². The Hall–Kier alpha value is -1.77. The van der Waals surface area contributed by atoms with Crippen LogP contribution in [0.25, 0.3) is 0 Å². The maximum atomic E-state index is 11.7. The molecule has 1 rings (SSSR count). The van der Waals surface area contributed by atoms with Gasteiger partial charge in [0.05, 0.1) is 5.88 Å². The lowest BCUT2D eigenvalue weighted by atomic mass is 10.2. The highest BCUT2D eigenvalue weighted by molar-refractivity contribution is 7.97. The monoisotopic (exact) mass is 340 g/mol. The van der Waals surface area contributed by atoms with E-state index in [2.05, 4.69) is 20.9 Å². The molecular weight excluding hydrogens is 316 g/mol. The van der Waals surface area contributed by atoms with Crippen molar-refractivity contribution in [3.63, 3.8) is 0 Å². The zero-order valence-corrected chi connectivity index (χ0v) is 14.5. The topological polar surface area (TPSA) is 91.5 Å². The zero-order valence-electron chi connectivity index (χ0n) is 13.6. The van der Waals surface area contributed by atoms with Crippen molar-refractivity contribution < 1.29 is 14.3 Å². The summed E-state index contributed by atoms with van der Waals surface area (Å²) in [7, 11) is 0. The minimum atomic E-state index is -0.493. The molecule has 0 bridgehead atoms. The van der Waals surface area contributed by atoms with Crippen LogP contribution in [0.1, 0.15) is 31.1 Å². The lowest BCUT2D eigenvalue weighted by molar-refractivity contribution is 0.0529. The first kappa shape index (κ1) is 19.3. The number of nitrogens with one attached hydrogen (secondary N) is 4. The minimum absolute atomic E-state index is 0.183. The van der Waals surface area contributed by atoms with E-state index in [0.29, 0.717) is 24.5 Å². The van der Waals surface area contributed by atoms with Gasteiger partial charge in [0, 0.05) is 18.7 Å². The summed E-state index contributed by atoms with van der Waals surface area (Å²) in [4.78, 5) is 23.1. The van der Waals surface area contributed by atoms with E-state index < -0.39 is 11.7 Å². The third kappa shape index (κ3) is 9.77. The number of amides is 2. The van der Waals surface area contributed by atoms with Crippen molar-refractivity contribution in [2.24, 2.45) is 0 Å². The number of ether oxygens (including phenoxy) is 1. The molecule has 0 heterocycles. The molecule has 0 fully saturated rings. The number of alkyl carbamates (subject to hydrolysis) is 1. The Morgan fingerprint density at radius 1 is 1.13 bits per heavy atom. The van der Waals surface area contributed by atoms with E-state index in [9.17, 15) is 9.59 Å². The number of benzene rings is 1. The fraction of sp³-hybridized carbons (Fsp3) is 0.467. The fourth-order valence-corrected chi connectivity index (χ4v) is 1.96. The smallest absolute Gasteiger partial charge is 0.407 e. The number of carbonyl (C=O) groups is 2. The highest BCUT2D eigenvalue weighted by atomic mass is 32.2. The molecular formula is C15H24N4O3S. The lowest BCUT2D eigenvalue weighted by Gasteiger charge is -2.19. The average molecular weight is 340 g/mol. The summed E-state index contributed by atoms with van der Waals surface area (Å²) in [5, 5.41) is 2.64. The van der Waals surface area contributed by atoms with Crippen molar-refractivity contribution in [3.05, 3.63) is 35.9 Å². The van der Waals surface area contributed by atoms with Gasteiger partial charge >= 0.3 is 6.09 Å². The van der Waals surface area contributed by atoms with E-state index in [1.807, 2.05) is 39.0 Å². The Morgan fingerprint density at radius 3 is 2.48 bits per heavy atom. The minimum Gasteiger partial charge on any atom is -0.444 e. The maximum Gasteiger partial charge on any atom is 0.407 e. The Morgan fingerprint density at radius 2 is 1.83 bits per heavy atom. The number of hydrogen-bond acceptors (Lipinski definition) is 6. The standard InChI is InChI=1S/C15H24N4O3S/c1-15(2,3)22-14(21)16-9-10-18-23-11-17-19-13(20)12-7-5-4-6-8-12/h4-8,17-18H,9-11H2,1-3H3,(H,16,21)(H,19,20). The molecule has 1 aromatic rings. The molecule has 0 aliphatic heterocycles. The molecule has 0 aliphatic rings. The molecule has 7 nitrogen and oxygen atoms in total. The van der Waals surface area contributed by atoms with Crippen molar-refractivity contribution in [1.82, 2.24) is 20.9 Å². The number of rotatable bonds is 8. The van der Waals surface area contributed by atoms with Crippen LogP contribution in [0.15, 0.2) is 30.3 Å². The van der Waals surface area contributed by atoms with Gasteiger partial charge in [-0.2, -0.15) is 0 Å². The predicted octanol–water partition coefficient (Wildman–Crippen LogP) is 1.64. The molecule has 1 aromatic carbocycles. The highest BCUT2D eigenvalue weighted by Crippen LogP contribution is 2.06. The Kier molecular flexibility index (Phi) is 8.46. The van der Waals surface area contributed by atoms with Gasteiger partial charge in [0.1, 0.15) is 5.60 Å². The van der Waals surface area contributed by atoms with Gasteiger partial charge in [-0.3, -0.25) is 14.9 Å². The van der Waals surface area contributed by atoms with Crippen molar-refractivity contribution in [3.8, 4) is 0 Å². The summed E-state index contributed by atoms with van der Waals surface area (Å²) in [5.41, 5.74) is 5.50. The van der Waals surface area contributed by atoms with Crippen molar-refractivity contribution >= 4 is 23.9 Å². The molecule has 4 N–H and O–H groups in total. The van der Waals surface area contributed by atoms with E-state index in [-0.39, 0.29) is 5.91 Å². The second-order valence-electron chi connectivity index (χ2n) is 5.61. The van der Waals surface area contributed by atoms with Gasteiger partial charge in [-0.15, -0.1) is 0 Å². The van der Waals surface area contributed by atoms with Gasteiger partial charge in [-0.05, 0) is 32.9 Å². The average Bonchev–Trinajstić information content (AvgIpc) is 2.48. The lowest BCUT2D eigenvalue weighted by Crippen LogP contribution is -2.38. The Bertz CT molecular complexity index is 491. The van der Waals surface area contributed by atoms with Crippen molar-refractivity contribution in [2.75, 3.05) is 19.0 Å². The van der Waals surface area contributed by atoms with Gasteiger partial charge in [0.2, 0.25) is 0 Å². The molecule has 0 aliphatic carbocycles. The molecule has 0 radical (unpaired) electrons. The van der Waals surface area contributed by atoms with Crippen LogP contribution in [0.3, 0.4) is 0 Å². The molecule has 0 saturated heterocycles. The summed E-state index contributed by atoms with van der Waals surface area (Å²) in [6, 6.07) is 8.95. The molecule has 2 amide bonds. The SMILES string of the molecule is CC(C)(C)OC(=O)NCCNSCNNC(=O)c1ccccc1. The van der Waals surface area contributed by atoms with Crippen molar-refractivity contribution in [2.45, 2.75) is 26.4 Å². The molecule has 0 atom stereocenters. The van der Waals surface area contributed by atoms with Crippen LogP contribution in [-0.4, -0.2) is 36.6 Å². The summed E-state index contributed by atoms with van der Waals surface area (Å²) >= 11 is 1.39.